The molecule has 0 saturated heterocycles. The number of thiol groups is 2. The molecule has 39 heavy (non-hydrogen) atoms. The van der Waals surface area contributed by atoms with Gasteiger partial charge in [0, 0.05) is 16.9 Å². The molecule has 2 aromatic rings. The van der Waals surface area contributed by atoms with Gasteiger partial charge in [-0.1, -0.05) is 54.6 Å². The highest BCUT2D eigenvalue weighted by atomic mass is 32.1. The number of rotatable bonds is 11. The van der Waals surface area contributed by atoms with E-state index >= 15 is 0 Å². The molecule has 2 aromatic carbocycles. The summed E-state index contributed by atoms with van der Waals surface area (Å²) in [5.74, 6) is -2.44. The Bertz CT molecular complexity index is 1200. The van der Waals surface area contributed by atoms with Crippen LogP contribution in [0.15, 0.2) is 54.6 Å². The van der Waals surface area contributed by atoms with Crippen molar-refractivity contribution in [3.8, 4) is 0 Å². The van der Waals surface area contributed by atoms with E-state index in [1.807, 2.05) is 54.6 Å². The molecule has 210 valence electrons. The van der Waals surface area contributed by atoms with E-state index in [0.717, 1.165) is 16.7 Å². The van der Waals surface area contributed by atoms with Crippen LogP contribution in [0.5, 0.6) is 0 Å². The zero-order valence-electron chi connectivity index (χ0n) is 22.1. The minimum Gasteiger partial charge on any atom is -0.368 e. The van der Waals surface area contributed by atoms with Crippen molar-refractivity contribution in [2.24, 2.45) is 11.5 Å². The minimum absolute atomic E-state index is 0.0164. The van der Waals surface area contributed by atoms with Gasteiger partial charge >= 0.3 is 0 Å². The second-order valence-corrected chi connectivity index (χ2v) is 12.1. The molecule has 4 atom stereocenters. The highest BCUT2D eigenvalue weighted by molar-refractivity contribution is 7.81. The Hall–Kier alpha value is -3.02. The molecule has 4 amide bonds. The summed E-state index contributed by atoms with van der Waals surface area (Å²) in [6.45, 7) is 3.30. The van der Waals surface area contributed by atoms with Gasteiger partial charge in [0.25, 0.3) is 0 Å². The molecule has 9 nitrogen and oxygen atoms in total. The van der Waals surface area contributed by atoms with Gasteiger partial charge in [0.2, 0.25) is 23.6 Å². The molecule has 0 aromatic heterocycles. The topological polar surface area (TPSA) is 156 Å². The molecule has 7 N–H and O–H groups in total. The number of primary amides is 1. The number of hydrogen-bond donors (Lipinski definition) is 7. The zero-order valence-corrected chi connectivity index (χ0v) is 23.9. The molecule has 3 rings (SSSR count). The molecular formula is C28H37N5O4S2. The monoisotopic (exact) mass is 571 g/mol. The highest BCUT2D eigenvalue weighted by Crippen LogP contribution is 2.27. The number of carbonyl (C=O) groups is 4. The molecule has 0 bridgehead atoms. The van der Waals surface area contributed by atoms with Crippen LogP contribution < -0.4 is 27.4 Å². The Balaban J connectivity index is 1.75. The molecule has 0 spiro atoms. The molecule has 11 heteroatoms. The fraction of sp³-hybridized carbons (Fsp3) is 0.429. The lowest BCUT2D eigenvalue weighted by Crippen LogP contribution is -2.63. The van der Waals surface area contributed by atoms with E-state index in [-0.39, 0.29) is 12.2 Å². The molecule has 1 aliphatic carbocycles. The summed E-state index contributed by atoms with van der Waals surface area (Å²) in [6.07, 6.45) is 1.58. The van der Waals surface area contributed by atoms with E-state index in [1.54, 1.807) is 13.8 Å². The van der Waals surface area contributed by atoms with E-state index in [9.17, 15) is 19.2 Å². The number of nitrogens with two attached hydrogens (primary N) is 2. The molecule has 0 heterocycles. The predicted octanol–water partition coefficient (Wildman–Crippen LogP) is 0.693. The first-order valence-electron chi connectivity index (χ1n) is 12.8. The summed E-state index contributed by atoms with van der Waals surface area (Å²) in [5, 5.41) is 8.06. The van der Waals surface area contributed by atoms with E-state index in [4.69, 9.17) is 11.5 Å². The van der Waals surface area contributed by atoms with Crippen LogP contribution in [0.3, 0.4) is 0 Å². The lowest BCUT2D eigenvalue weighted by molar-refractivity contribution is -0.134. The predicted molar refractivity (Wildman–Crippen MR) is 157 cm³/mol. The van der Waals surface area contributed by atoms with Crippen LogP contribution in [-0.4, -0.2) is 57.8 Å². The summed E-state index contributed by atoms with van der Waals surface area (Å²) < 4.78 is -0.946. The van der Waals surface area contributed by atoms with Crippen molar-refractivity contribution in [1.82, 2.24) is 16.0 Å². The van der Waals surface area contributed by atoms with Crippen LogP contribution in [0.25, 0.3) is 0 Å². The number of nitrogens with one attached hydrogen (secondary N) is 3. The van der Waals surface area contributed by atoms with Gasteiger partial charge < -0.3 is 27.4 Å². The number of carbonyl (C=O) groups excluding carboxylic acids is 4. The second kappa shape index (κ2) is 12.9. The Kier molecular flexibility index (Phi) is 10.1. The quantitative estimate of drug-likeness (QED) is 0.198. The fourth-order valence-electron chi connectivity index (χ4n) is 4.62. The normalized spacial score (nSPS) is 19.1. The smallest absolute Gasteiger partial charge is 0.244 e. The van der Waals surface area contributed by atoms with Gasteiger partial charge in [-0.2, -0.15) is 25.3 Å². The maximum absolute atomic E-state index is 13.3. The molecule has 1 aliphatic rings. The van der Waals surface area contributed by atoms with Crippen molar-refractivity contribution in [3.63, 3.8) is 0 Å². The number of hydrogen-bond acceptors (Lipinski definition) is 7. The third-order valence-corrected chi connectivity index (χ3v) is 7.54. The maximum atomic E-state index is 13.3. The SMILES string of the molecule is CC(C)(S)[C@@H](NC(=O)[C@H](Cc1ccccc1)NC(=O)[C@H](CS)NC(=O)C1(N)CCc2ccccc2C1)C(N)=O. The van der Waals surface area contributed by atoms with Gasteiger partial charge in [-0.05, 0) is 49.8 Å². The van der Waals surface area contributed by atoms with Crippen LogP contribution >= 0.6 is 25.3 Å². The van der Waals surface area contributed by atoms with E-state index < -0.39 is 52.0 Å². The van der Waals surface area contributed by atoms with Gasteiger partial charge in [-0.25, -0.2) is 0 Å². The maximum Gasteiger partial charge on any atom is 0.244 e. The highest BCUT2D eigenvalue weighted by Gasteiger charge is 2.40. The molecule has 0 radical (unpaired) electrons. The van der Waals surface area contributed by atoms with Crippen molar-refractivity contribution in [1.29, 1.82) is 0 Å². The van der Waals surface area contributed by atoms with Crippen molar-refractivity contribution in [2.75, 3.05) is 5.75 Å². The average Bonchev–Trinajstić information content (AvgIpc) is 2.89. The van der Waals surface area contributed by atoms with Gasteiger partial charge in [0.05, 0.1) is 5.54 Å². The number of fused-ring (bicyclic) bond motifs is 1. The van der Waals surface area contributed by atoms with Crippen LogP contribution in [0.1, 0.15) is 37.0 Å². The van der Waals surface area contributed by atoms with E-state index in [0.29, 0.717) is 19.3 Å². The van der Waals surface area contributed by atoms with Gasteiger partial charge in [-0.3, -0.25) is 19.2 Å². The number of aryl methyl sites for hydroxylation is 1. The summed E-state index contributed by atoms with van der Waals surface area (Å²) >= 11 is 8.66. The molecular weight excluding hydrogens is 534 g/mol. The number of amides is 4. The van der Waals surface area contributed by atoms with Crippen molar-refractivity contribution in [3.05, 3.63) is 71.3 Å². The minimum atomic E-state index is -1.18. The Morgan fingerprint density at radius 2 is 1.51 bits per heavy atom. The summed E-state index contributed by atoms with van der Waals surface area (Å²) in [4.78, 5) is 51.9. The first kappa shape index (κ1) is 30.5. The van der Waals surface area contributed by atoms with Gasteiger partial charge in [0.1, 0.15) is 18.1 Å². The lowest BCUT2D eigenvalue weighted by Gasteiger charge is -2.34. The largest absolute Gasteiger partial charge is 0.368 e. The Labute approximate surface area is 240 Å². The zero-order chi connectivity index (χ0) is 28.8. The second-order valence-electron chi connectivity index (χ2n) is 10.6. The molecule has 0 fully saturated rings. The third kappa shape index (κ3) is 8.00. The van der Waals surface area contributed by atoms with Crippen LogP contribution in [0.2, 0.25) is 0 Å². The Morgan fingerprint density at radius 3 is 2.10 bits per heavy atom. The van der Waals surface area contributed by atoms with Gasteiger partial charge in [0.15, 0.2) is 0 Å². The average molecular weight is 572 g/mol. The fourth-order valence-corrected chi connectivity index (χ4v) is 5.07. The van der Waals surface area contributed by atoms with Crippen LogP contribution in [0, 0.1) is 0 Å². The first-order valence-corrected chi connectivity index (χ1v) is 13.9. The van der Waals surface area contributed by atoms with Crippen molar-refractivity contribution >= 4 is 48.9 Å². The van der Waals surface area contributed by atoms with Crippen molar-refractivity contribution < 1.29 is 19.2 Å². The molecule has 0 saturated carbocycles. The van der Waals surface area contributed by atoms with E-state index in [1.165, 1.54) is 0 Å². The summed E-state index contributed by atoms with van der Waals surface area (Å²) in [5.41, 5.74) is 13.8. The summed E-state index contributed by atoms with van der Waals surface area (Å²) in [7, 11) is 0. The van der Waals surface area contributed by atoms with Gasteiger partial charge in [-0.15, -0.1) is 0 Å². The standard InChI is InChI=1S/C28H37N5O4S2/c1-27(2,39)22(23(29)34)33-24(35)20(14-17-8-4-3-5-9-17)31-25(36)21(16-38)32-26(37)28(30)13-12-18-10-6-7-11-19(18)15-28/h3-11,20-22,38-39H,12-16,30H2,1-2H3,(H2,29,34)(H,31,36)(H,32,37)(H,33,35)/t20-,21-,22-,28?/m0/s1. The van der Waals surface area contributed by atoms with Crippen LogP contribution in [-0.2, 0) is 38.4 Å². The van der Waals surface area contributed by atoms with E-state index in [2.05, 4.69) is 41.2 Å². The molecule has 1 unspecified atom stereocenters. The van der Waals surface area contributed by atoms with Crippen molar-refractivity contribution in [2.45, 2.75) is 67.9 Å². The molecule has 0 aliphatic heterocycles. The third-order valence-electron chi connectivity index (χ3n) is 6.91. The number of benzene rings is 2. The lowest BCUT2D eigenvalue weighted by atomic mass is 9.78. The summed E-state index contributed by atoms with van der Waals surface area (Å²) in [6, 6.07) is 13.7. The first-order chi connectivity index (χ1) is 18.3. The Morgan fingerprint density at radius 1 is 0.923 bits per heavy atom. The van der Waals surface area contributed by atoms with Crippen LogP contribution in [0.4, 0.5) is 0 Å².